The summed E-state index contributed by atoms with van der Waals surface area (Å²) in [5.41, 5.74) is 6.20. The molecule has 2 aromatic heterocycles. The second-order valence-electron chi connectivity index (χ2n) is 9.79. The van der Waals surface area contributed by atoms with Gasteiger partial charge in [-0.25, -0.2) is 13.4 Å². The van der Waals surface area contributed by atoms with Crippen LogP contribution in [0.1, 0.15) is 37.6 Å². The summed E-state index contributed by atoms with van der Waals surface area (Å²) in [6.07, 6.45) is -4.67. The van der Waals surface area contributed by atoms with Gasteiger partial charge in [0.2, 0.25) is 5.89 Å². The van der Waals surface area contributed by atoms with Crippen molar-refractivity contribution in [3.8, 4) is 11.5 Å². The number of hydrogen-bond acceptors (Lipinski definition) is 8. The van der Waals surface area contributed by atoms with Crippen LogP contribution < -0.4 is 15.4 Å². The molecule has 0 radical (unpaired) electrons. The second-order valence-corrected chi connectivity index (χ2v) is 11.7. The van der Waals surface area contributed by atoms with Crippen LogP contribution in [0, 0.1) is 0 Å². The van der Waals surface area contributed by atoms with Crippen molar-refractivity contribution >= 4 is 33.2 Å². The van der Waals surface area contributed by atoms with Gasteiger partial charge in [0.15, 0.2) is 0 Å². The number of rotatable bonds is 3. The first-order chi connectivity index (χ1) is 17.7. The lowest BCUT2D eigenvalue weighted by molar-refractivity contribution is -0.141. The van der Waals surface area contributed by atoms with Gasteiger partial charge in [-0.1, -0.05) is 44.1 Å². The Labute approximate surface area is 216 Å². The monoisotopic (exact) mass is 544 g/mol. The fraction of sp³-hybridized carbons (Fsp3) is 0.240. The second kappa shape index (κ2) is 8.72. The van der Waals surface area contributed by atoms with Crippen molar-refractivity contribution in [1.29, 1.82) is 0 Å². The van der Waals surface area contributed by atoms with Crippen LogP contribution in [0.5, 0.6) is 0 Å². The van der Waals surface area contributed by atoms with Crippen LogP contribution in [-0.4, -0.2) is 23.6 Å². The summed E-state index contributed by atoms with van der Waals surface area (Å²) in [6.45, 7) is 5.76. The standard InChI is InChI=1S/C25H23F3N6O3S/c1-24(2,3)16-6-8-17(9-7-16)38(35,36)34-13-15-5-11-20(25(26,27)28)31-21(15)30-18-10-4-14(12-19(18)34)22-32-33-23(29)37-22/h4-12H,13H2,1-3H3,(H2,29,33)(H,30,31). The van der Waals surface area contributed by atoms with Crippen LogP contribution in [0.4, 0.5) is 36.4 Å². The molecule has 2 aromatic carbocycles. The fourth-order valence-corrected chi connectivity index (χ4v) is 5.50. The number of pyridine rings is 1. The van der Waals surface area contributed by atoms with Gasteiger partial charge < -0.3 is 15.5 Å². The number of anilines is 4. The number of sulfonamides is 1. The maximum absolute atomic E-state index is 14.0. The van der Waals surface area contributed by atoms with Crippen LogP contribution in [0.15, 0.2) is 63.9 Å². The van der Waals surface area contributed by atoms with Gasteiger partial charge in [0.25, 0.3) is 10.0 Å². The van der Waals surface area contributed by atoms with Gasteiger partial charge >= 0.3 is 12.2 Å². The van der Waals surface area contributed by atoms with Gasteiger partial charge in [0, 0.05) is 11.1 Å². The highest BCUT2D eigenvalue weighted by molar-refractivity contribution is 7.92. The molecule has 0 atom stereocenters. The van der Waals surface area contributed by atoms with Crippen molar-refractivity contribution in [3.63, 3.8) is 0 Å². The van der Waals surface area contributed by atoms with Gasteiger partial charge in [-0.2, -0.15) is 13.2 Å². The van der Waals surface area contributed by atoms with Crippen LogP contribution in [0.2, 0.25) is 0 Å². The Morgan fingerprint density at radius 1 is 1.00 bits per heavy atom. The molecule has 0 saturated heterocycles. The van der Waals surface area contributed by atoms with Crippen LogP contribution in [-0.2, 0) is 28.2 Å². The SMILES string of the molecule is CC(C)(C)c1ccc(S(=O)(=O)N2Cc3ccc(C(F)(F)F)nc3Nc3ccc(-c4nnc(N)o4)cc32)cc1. The summed E-state index contributed by atoms with van der Waals surface area (Å²) in [5, 5.41) is 10.3. The van der Waals surface area contributed by atoms with E-state index in [2.05, 4.69) is 20.5 Å². The maximum atomic E-state index is 14.0. The largest absolute Gasteiger partial charge is 0.433 e. The molecular formula is C25H23F3N6O3S. The Balaban J connectivity index is 1.67. The van der Waals surface area contributed by atoms with Crippen molar-refractivity contribution in [2.24, 2.45) is 0 Å². The third kappa shape index (κ3) is 4.64. The van der Waals surface area contributed by atoms with Gasteiger partial charge in [-0.05, 0) is 47.4 Å². The summed E-state index contributed by atoms with van der Waals surface area (Å²) in [6, 6.07) is 12.9. The van der Waals surface area contributed by atoms with E-state index in [1.54, 1.807) is 18.2 Å². The summed E-state index contributed by atoms with van der Waals surface area (Å²) in [7, 11) is -4.18. The molecule has 3 heterocycles. The number of hydrogen-bond donors (Lipinski definition) is 2. The predicted octanol–water partition coefficient (Wildman–Crippen LogP) is 5.48. The summed E-state index contributed by atoms with van der Waals surface area (Å²) in [5.74, 6) is -0.0481. The lowest BCUT2D eigenvalue weighted by Gasteiger charge is -2.25. The van der Waals surface area contributed by atoms with E-state index >= 15 is 0 Å². The van der Waals surface area contributed by atoms with Crippen molar-refractivity contribution in [3.05, 3.63) is 71.4 Å². The van der Waals surface area contributed by atoms with Crippen LogP contribution in [0.3, 0.4) is 0 Å². The summed E-state index contributed by atoms with van der Waals surface area (Å²) >= 11 is 0. The lowest BCUT2D eigenvalue weighted by Crippen LogP contribution is -2.30. The molecule has 0 bridgehead atoms. The molecule has 198 valence electrons. The zero-order valence-electron chi connectivity index (χ0n) is 20.5. The zero-order chi connectivity index (χ0) is 27.5. The third-order valence-electron chi connectivity index (χ3n) is 6.10. The smallest absolute Gasteiger partial charge is 0.404 e. The zero-order valence-corrected chi connectivity index (χ0v) is 21.4. The molecule has 5 rings (SSSR count). The molecule has 4 aromatic rings. The predicted molar refractivity (Wildman–Crippen MR) is 135 cm³/mol. The molecular weight excluding hydrogens is 521 g/mol. The average Bonchev–Trinajstić information content (AvgIpc) is 3.20. The first-order valence-electron chi connectivity index (χ1n) is 11.4. The summed E-state index contributed by atoms with van der Waals surface area (Å²) < 4.78 is 74.5. The highest BCUT2D eigenvalue weighted by Crippen LogP contribution is 2.41. The van der Waals surface area contributed by atoms with Crippen molar-refractivity contribution in [2.45, 2.75) is 43.8 Å². The molecule has 0 spiro atoms. The van der Waals surface area contributed by atoms with E-state index in [9.17, 15) is 21.6 Å². The molecule has 0 saturated carbocycles. The van der Waals surface area contributed by atoms with Crippen LogP contribution in [0.25, 0.3) is 11.5 Å². The van der Waals surface area contributed by atoms with E-state index in [1.807, 2.05) is 20.8 Å². The number of nitrogens with one attached hydrogen (secondary N) is 1. The average molecular weight is 545 g/mol. The lowest BCUT2D eigenvalue weighted by atomic mass is 9.87. The first kappa shape index (κ1) is 25.5. The number of aromatic nitrogens is 3. The number of halogens is 3. The Hall–Kier alpha value is -4.13. The van der Waals surface area contributed by atoms with E-state index < -0.39 is 21.9 Å². The quantitative estimate of drug-likeness (QED) is 0.347. The molecule has 38 heavy (non-hydrogen) atoms. The minimum absolute atomic E-state index is 0.0206. The number of nitrogens with two attached hydrogens (primary N) is 1. The number of benzene rings is 2. The van der Waals surface area contributed by atoms with Crippen molar-refractivity contribution < 1.29 is 26.0 Å². The molecule has 3 N–H and O–H groups in total. The summed E-state index contributed by atoms with van der Waals surface area (Å²) in [4.78, 5) is 3.76. The molecule has 0 amide bonds. The van der Waals surface area contributed by atoms with Crippen LogP contribution >= 0.6 is 0 Å². The fourth-order valence-electron chi connectivity index (χ4n) is 4.05. The minimum atomic E-state index is -4.67. The van der Waals surface area contributed by atoms with Crippen molar-refractivity contribution in [1.82, 2.24) is 15.2 Å². The van der Waals surface area contributed by atoms with E-state index in [0.717, 1.165) is 15.9 Å². The van der Waals surface area contributed by atoms with E-state index in [0.29, 0.717) is 5.56 Å². The minimum Gasteiger partial charge on any atom is -0.404 e. The number of nitrogen functional groups attached to an aromatic ring is 1. The van der Waals surface area contributed by atoms with E-state index in [4.69, 9.17) is 10.2 Å². The van der Waals surface area contributed by atoms with Gasteiger partial charge in [-0.3, -0.25) is 4.31 Å². The number of fused-ring (bicyclic) bond motifs is 2. The maximum Gasteiger partial charge on any atom is 0.433 e. The molecule has 0 fully saturated rings. The molecule has 1 aliphatic heterocycles. The Kier molecular flexibility index (Phi) is 5.86. The highest BCUT2D eigenvalue weighted by atomic mass is 32.2. The third-order valence-corrected chi connectivity index (χ3v) is 7.87. The first-order valence-corrected chi connectivity index (χ1v) is 12.9. The van der Waals surface area contributed by atoms with Gasteiger partial charge in [-0.15, -0.1) is 5.10 Å². The van der Waals surface area contributed by atoms with E-state index in [-0.39, 0.29) is 51.5 Å². The van der Waals surface area contributed by atoms with E-state index in [1.165, 1.54) is 30.3 Å². The number of alkyl halides is 3. The Bertz CT molecular complexity index is 1630. The molecule has 9 nitrogen and oxygen atoms in total. The molecule has 0 aliphatic carbocycles. The Morgan fingerprint density at radius 2 is 1.71 bits per heavy atom. The molecule has 0 unspecified atom stereocenters. The Morgan fingerprint density at radius 3 is 2.32 bits per heavy atom. The van der Waals surface area contributed by atoms with Gasteiger partial charge in [0.1, 0.15) is 11.5 Å². The normalized spacial score (nSPS) is 13.9. The number of nitrogens with zero attached hydrogens (tertiary/aromatic N) is 4. The topological polar surface area (TPSA) is 127 Å². The molecule has 1 aliphatic rings. The van der Waals surface area contributed by atoms with Crippen molar-refractivity contribution in [2.75, 3.05) is 15.4 Å². The molecule has 13 heteroatoms. The highest BCUT2D eigenvalue weighted by Gasteiger charge is 2.36. The van der Waals surface area contributed by atoms with Gasteiger partial charge in [0.05, 0.1) is 22.8 Å².